The Kier molecular flexibility index (Phi) is 5.98. The van der Waals surface area contributed by atoms with Gasteiger partial charge < -0.3 is 15.3 Å². The van der Waals surface area contributed by atoms with Gasteiger partial charge in [-0.2, -0.15) is 13.2 Å². The van der Waals surface area contributed by atoms with Crippen molar-refractivity contribution in [3.63, 3.8) is 0 Å². The lowest BCUT2D eigenvalue weighted by Gasteiger charge is -2.09. The topological polar surface area (TPSA) is 75.2 Å². The first kappa shape index (κ1) is 19.9. The summed E-state index contributed by atoms with van der Waals surface area (Å²) in [6.45, 7) is -1.32. The number of benzene rings is 2. The van der Waals surface area contributed by atoms with Gasteiger partial charge in [0.15, 0.2) is 12.4 Å². The van der Waals surface area contributed by atoms with Crippen molar-refractivity contribution in [2.24, 2.45) is 0 Å². The molecule has 0 amide bonds. The number of aromatic nitrogens is 3. The van der Waals surface area contributed by atoms with Gasteiger partial charge in [-0.05, 0) is 29.8 Å². The van der Waals surface area contributed by atoms with Gasteiger partial charge in [0.1, 0.15) is 11.5 Å². The minimum absolute atomic E-state index is 0.159. The zero-order valence-corrected chi connectivity index (χ0v) is 15.6. The summed E-state index contributed by atoms with van der Waals surface area (Å²) in [7, 11) is 1.56. The van der Waals surface area contributed by atoms with Gasteiger partial charge in [0.25, 0.3) is 0 Å². The van der Waals surface area contributed by atoms with E-state index in [2.05, 4.69) is 10.2 Å². The van der Waals surface area contributed by atoms with E-state index in [-0.39, 0.29) is 5.75 Å². The lowest BCUT2D eigenvalue weighted by atomic mass is 10.2. The smallest absolute Gasteiger partial charge is 0.422 e. The number of nitrogen functional groups attached to an aromatic ring is 1. The van der Waals surface area contributed by atoms with Crippen molar-refractivity contribution in [1.29, 1.82) is 0 Å². The summed E-state index contributed by atoms with van der Waals surface area (Å²) in [4.78, 5) is 0. The highest BCUT2D eigenvalue weighted by Gasteiger charge is 2.28. The second-order valence-corrected chi connectivity index (χ2v) is 6.66. The SMILES string of the molecule is COc1ccccc1-c1nnc(SCc2ccc(OCC(F)(F)F)cc2)n1N. The molecule has 2 aromatic carbocycles. The van der Waals surface area contributed by atoms with Crippen LogP contribution in [0.25, 0.3) is 11.4 Å². The molecule has 0 aliphatic rings. The van der Waals surface area contributed by atoms with Gasteiger partial charge in [-0.1, -0.05) is 36.0 Å². The molecule has 0 saturated heterocycles. The van der Waals surface area contributed by atoms with Gasteiger partial charge in [0.2, 0.25) is 5.16 Å². The van der Waals surface area contributed by atoms with Crippen LogP contribution >= 0.6 is 11.8 Å². The van der Waals surface area contributed by atoms with E-state index in [1.807, 2.05) is 18.2 Å². The number of nitrogens with zero attached hydrogens (tertiary/aromatic N) is 3. The number of ether oxygens (including phenoxy) is 2. The third-order valence-electron chi connectivity index (χ3n) is 3.71. The molecule has 1 heterocycles. The second kappa shape index (κ2) is 8.42. The van der Waals surface area contributed by atoms with Crippen molar-refractivity contribution in [2.45, 2.75) is 17.1 Å². The number of para-hydroxylation sites is 1. The molecule has 3 aromatic rings. The molecule has 0 spiro atoms. The Labute approximate surface area is 163 Å². The standard InChI is InChI=1S/C18H17F3N4O2S/c1-26-15-5-3-2-4-14(15)16-23-24-17(25(16)22)28-10-12-6-8-13(9-7-12)27-11-18(19,20)21/h2-9H,10-11,22H2,1H3. The summed E-state index contributed by atoms with van der Waals surface area (Å²) in [5, 5.41) is 8.73. The van der Waals surface area contributed by atoms with Gasteiger partial charge in [-0.3, -0.25) is 0 Å². The molecule has 148 valence electrons. The first-order valence-corrected chi connectivity index (χ1v) is 9.11. The van der Waals surface area contributed by atoms with Crippen molar-refractivity contribution in [1.82, 2.24) is 14.9 Å². The fourth-order valence-corrected chi connectivity index (χ4v) is 3.20. The fourth-order valence-electron chi connectivity index (χ4n) is 2.38. The summed E-state index contributed by atoms with van der Waals surface area (Å²) in [5.74, 6) is 7.89. The van der Waals surface area contributed by atoms with Crippen LogP contribution in [0.5, 0.6) is 11.5 Å². The van der Waals surface area contributed by atoms with Crippen molar-refractivity contribution < 1.29 is 22.6 Å². The van der Waals surface area contributed by atoms with Crippen LogP contribution in [0.2, 0.25) is 0 Å². The Morgan fingerprint density at radius 3 is 2.46 bits per heavy atom. The molecule has 0 bridgehead atoms. The van der Waals surface area contributed by atoms with E-state index in [1.54, 1.807) is 25.3 Å². The van der Waals surface area contributed by atoms with E-state index >= 15 is 0 Å². The Balaban J connectivity index is 1.65. The summed E-state index contributed by atoms with van der Waals surface area (Å²) in [6, 6.07) is 13.7. The molecule has 10 heteroatoms. The zero-order valence-electron chi connectivity index (χ0n) is 14.8. The third kappa shape index (κ3) is 4.89. The van der Waals surface area contributed by atoms with Crippen LogP contribution < -0.4 is 15.3 Å². The van der Waals surface area contributed by atoms with E-state index in [0.29, 0.717) is 22.5 Å². The van der Waals surface area contributed by atoms with Crippen molar-refractivity contribution >= 4 is 11.8 Å². The number of hydrogen-bond acceptors (Lipinski definition) is 6. The molecule has 0 aliphatic carbocycles. The molecule has 0 atom stereocenters. The molecular formula is C18H17F3N4O2S. The quantitative estimate of drug-likeness (QED) is 0.470. The molecular weight excluding hydrogens is 393 g/mol. The number of nitrogens with two attached hydrogens (primary N) is 1. The van der Waals surface area contributed by atoms with Gasteiger partial charge in [-0.25, -0.2) is 4.68 Å². The minimum atomic E-state index is -4.36. The first-order chi connectivity index (χ1) is 13.4. The van der Waals surface area contributed by atoms with Gasteiger partial charge >= 0.3 is 6.18 Å². The van der Waals surface area contributed by atoms with Crippen molar-refractivity contribution in [3.05, 3.63) is 54.1 Å². The number of thioether (sulfide) groups is 1. The van der Waals surface area contributed by atoms with E-state index in [4.69, 9.17) is 15.3 Å². The molecule has 28 heavy (non-hydrogen) atoms. The maximum absolute atomic E-state index is 12.2. The second-order valence-electron chi connectivity index (χ2n) is 5.71. The largest absolute Gasteiger partial charge is 0.496 e. The molecule has 6 nitrogen and oxygen atoms in total. The van der Waals surface area contributed by atoms with Crippen molar-refractivity contribution in [3.8, 4) is 22.9 Å². The molecule has 2 N–H and O–H groups in total. The highest BCUT2D eigenvalue weighted by atomic mass is 32.2. The number of alkyl halides is 3. The predicted octanol–water partition coefficient (Wildman–Crippen LogP) is 3.90. The normalized spacial score (nSPS) is 11.4. The molecule has 1 aromatic heterocycles. The van der Waals surface area contributed by atoms with Crippen molar-refractivity contribution in [2.75, 3.05) is 19.6 Å². The Morgan fingerprint density at radius 2 is 1.79 bits per heavy atom. The van der Waals surface area contributed by atoms with Crippen LogP contribution in [0.3, 0.4) is 0 Å². The van der Waals surface area contributed by atoms with Gasteiger partial charge in [-0.15, -0.1) is 10.2 Å². The van der Waals surface area contributed by atoms with Crippen LogP contribution in [0.15, 0.2) is 53.7 Å². The number of halogens is 3. The monoisotopic (exact) mass is 410 g/mol. The number of hydrogen-bond donors (Lipinski definition) is 1. The lowest BCUT2D eigenvalue weighted by molar-refractivity contribution is -0.153. The lowest BCUT2D eigenvalue weighted by Crippen LogP contribution is -2.19. The zero-order chi connectivity index (χ0) is 20.1. The Morgan fingerprint density at radius 1 is 1.07 bits per heavy atom. The van der Waals surface area contributed by atoms with E-state index in [1.165, 1.54) is 28.6 Å². The Bertz CT molecular complexity index is 929. The average molecular weight is 410 g/mol. The highest BCUT2D eigenvalue weighted by molar-refractivity contribution is 7.98. The third-order valence-corrected chi connectivity index (χ3v) is 4.72. The number of rotatable bonds is 7. The predicted molar refractivity (Wildman–Crippen MR) is 99.7 cm³/mol. The van der Waals surface area contributed by atoms with E-state index in [0.717, 1.165) is 11.1 Å². The van der Waals surface area contributed by atoms with E-state index < -0.39 is 12.8 Å². The van der Waals surface area contributed by atoms with Crippen LogP contribution in [0, 0.1) is 0 Å². The molecule has 0 unspecified atom stereocenters. The molecule has 3 rings (SSSR count). The first-order valence-electron chi connectivity index (χ1n) is 8.12. The maximum Gasteiger partial charge on any atom is 0.422 e. The minimum Gasteiger partial charge on any atom is -0.496 e. The molecule has 0 saturated carbocycles. The molecule has 0 aliphatic heterocycles. The van der Waals surface area contributed by atoms with Crippen LogP contribution in [0.4, 0.5) is 13.2 Å². The highest BCUT2D eigenvalue weighted by Crippen LogP contribution is 2.30. The van der Waals surface area contributed by atoms with Crippen LogP contribution in [-0.4, -0.2) is 34.8 Å². The van der Waals surface area contributed by atoms with Crippen LogP contribution in [-0.2, 0) is 5.75 Å². The Hall–Kier alpha value is -2.88. The maximum atomic E-state index is 12.2. The van der Waals surface area contributed by atoms with Gasteiger partial charge in [0, 0.05) is 5.75 Å². The fraction of sp³-hybridized carbons (Fsp3) is 0.222. The van der Waals surface area contributed by atoms with E-state index in [9.17, 15) is 13.2 Å². The van der Waals surface area contributed by atoms with Gasteiger partial charge in [0.05, 0.1) is 12.7 Å². The molecule has 0 radical (unpaired) electrons. The summed E-state index contributed by atoms with van der Waals surface area (Å²) < 4.78 is 47.9. The number of methoxy groups -OCH3 is 1. The summed E-state index contributed by atoms with van der Waals surface area (Å²) >= 11 is 1.36. The molecule has 0 fully saturated rings. The summed E-state index contributed by atoms with van der Waals surface area (Å²) in [5.41, 5.74) is 1.60. The average Bonchev–Trinajstić information content (AvgIpc) is 3.05. The summed E-state index contributed by atoms with van der Waals surface area (Å²) in [6.07, 6.45) is -4.36. The van der Waals surface area contributed by atoms with Crippen LogP contribution in [0.1, 0.15) is 5.56 Å².